The number of hydrogen-bond acceptors (Lipinski definition) is 0. The van der Waals surface area contributed by atoms with Crippen molar-refractivity contribution in [1.29, 1.82) is 0 Å². The van der Waals surface area contributed by atoms with E-state index in [1.807, 2.05) is 0 Å². The third-order valence-corrected chi connectivity index (χ3v) is 3.66. The third kappa shape index (κ3) is 6.85. The van der Waals surface area contributed by atoms with Gasteiger partial charge in [-0.25, -0.2) is 0 Å². The lowest BCUT2D eigenvalue weighted by Gasteiger charge is -2.06. The Morgan fingerprint density at radius 3 is 2.11 bits per heavy atom. The number of hydrogen-bond donors (Lipinski definition) is 0. The molecule has 0 N–H and O–H groups in total. The lowest BCUT2D eigenvalue weighted by atomic mass is 10.1. The molecule has 0 aromatic rings. The highest BCUT2D eigenvalue weighted by Gasteiger charge is 2.01. The predicted molar refractivity (Wildman–Crippen MR) is 50.6 cm³/mol. The molecular formula is C7H14Br2. The molecule has 0 fully saturated rings. The first-order chi connectivity index (χ1) is 4.16. The largest absolute Gasteiger partial charge is 0.0916 e. The molecule has 0 amide bonds. The summed E-state index contributed by atoms with van der Waals surface area (Å²) in [6.07, 6.45) is 2.60. The molecule has 1 unspecified atom stereocenters. The van der Waals surface area contributed by atoms with Gasteiger partial charge in [0.15, 0.2) is 0 Å². The Morgan fingerprint density at radius 1 is 1.22 bits per heavy atom. The normalized spacial score (nSPS) is 14.3. The summed E-state index contributed by atoms with van der Waals surface area (Å²) in [5.74, 6) is 0.837. The quantitative estimate of drug-likeness (QED) is 0.676. The summed E-state index contributed by atoms with van der Waals surface area (Å²) in [6.45, 7) is 4.52. The maximum Gasteiger partial charge on any atom is 0.0242 e. The van der Waals surface area contributed by atoms with Crippen molar-refractivity contribution in [2.75, 3.05) is 5.33 Å². The fraction of sp³-hybridized carbons (Fsp3) is 1.00. The van der Waals surface area contributed by atoms with Gasteiger partial charge in [-0.1, -0.05) is 45.7 Å². The van der Waals surface area contributed by atoms with Crippen molar-refractivity contribution in [3.8, 4) is 0 Å². The molecule has 0 nitrogen and oxygen atoms in total. The van der Waals surface area contributed by atoms with Gasteiger partial charge in [-0.05, 0) is 18.8 Å². The van der Waals surface area contributed by atoms with Gasteiger partial charge in [0.05, 0.1) is 0 Å². The number of alkyl halides is 2. The highest BCUT2D eigenvalue weighted by Crippen LogP contribution is 2.14. The van der Waals surface area contributed by atoms with Gasteiger partial charge in [0.1, 0.15) is 0 Å². The third-order valence-electron chi connectivity index (χ3n) is 1.22. The van der Waals surface area contributed by atoms with Gasteiger partial charge in [-0.15, -0.1) is 0 Å². The molecule has 0 bridgehead atoms. The van der Waals surface area contributed by atoms with Crippen LogP contribution in [0.25, 0.3) is 0 Å². The van der Waals surface area contributed by atoms with E-state index < -0.39 is 0 Å². The second-order valence-electron chi connectivity index (χ2n) is 2.72. The smallest absolute Gasteiger partial charge is 0.0242 e. The van der Waals surface area contributed by atoms with Crippen LogP contribution in [0.1, 0.15) is 26.7 Å². The Kier molecular flexibility index (Phi) is 6.33. The molecule has 0 spiro atoms. The van der Waals surface area contributed by atoms with E-state index in [4.69, 9.17) is 0 Å². The Labute approximate surface area is 74.7 Å². The van der Waals surface area contributed by atoms with Crippen LogP contribution in [0, 0.1) is 5.92 Å². The lowest BCUT2D eigenvalue weighted by Crippen LogP contribution is -2.00. The zero-order valence-corrected chi connectivity index (χ0v) is 9.20. The van der Waals surface area contributed by atoms with Gasteiger partial charge in [0.2, 0.25) is 0 Å². The molecular weight excluding hydrogens is 244 g/mol. The van der Waals surface area contributed by atoms with Gasteiger partial charge >= 0.3 is 0 Å². The summed E-state index contributed by atoms with van der Waals surface area (Å²) in [5.41, 5.74) is 0. The van der Waals surface area contributed by atoms with Gasteiger partial charge in [0, 0.05) is 10.2 Å². The zero-order chi connectivity index (χ0) is 7.28. The average molecular weight is 258 g/mol. The molecule has 0 radical (unpaired) electrons. The highest BCUT2D eigenvalue weighted by molar-refractivity contribution is 9.12. The van der Waals surface area contributed by atoms with E-state index in [9.17, 15) is 0 Å². The maximum absolute atomic E-state index is 3.56. The fourth-order valence-electron chi connectivity index (χ4n) is 0.591. The minimum atomic E-state index is 0.667. The van der Waals surface area contributed by atoms with Crippen molar-refractivity contribution in [3.63, 3.8) is 0 Å². The van der Waals surface area contributed by atoms with Crippen molar-refractivity contribution < 1.29 is 0 Å². The molecule has 0 aliphatic rings. The fourth-order valence-corrected chi connectivity index (χ4v) is 1.18. The van der Waals surface area contributed by atoms with Crippen LogP contribution in [0.15, 0.2) is 0 Å². The second-order valence-corrected chi connectivity index (χ2v) is 4.67. The first-order valence-electron chi connectivity index (χ1n) is 3.36. The van der Waals surface area contributed by atoms with Gasteiger partial charge in [0.25, 0.3) is 0 Å². The van der Waals surface area contributed by atoms with Crippen LogP contribution in [0.4, 0.5) is 0 Å². The van der Waals surface area contributed by atoms with Crippen molar-refractivity contribution in [2.24, 2.45) is 5.92 Å². The molecule has 0 heterocycles. The highest BCUT2D eigenvalue weighted by atomic mass is 79.9. The lowest BCUT2D eigenvalue weighted by molar-refractivity contribution is 0.559. The molecule has 0 aromatic carbocycles. The topological polar surface area (TPSA) is 0 Å². The minimum Gasteiger partial charge on any atom is -0.0916 e. The summed E-state index contributed by atoms with van der Waals surface area (Å²) >= 11 is 6.98. The predicted octanol–water partition coefficient (Wildman–Crippen LogP) is 3.58. The molecule has 9 heavy (non-hydrogen) atoms. The first-order valence-corrected chi connectivity index (χ1v) is 5.40. The van der Waals surface area contributed by atoms with Crippen LogP contribution in [-0.2, 0) is 0 Å². The van der Waals surface area contributed by atoms with Crippen LogP contribution in [0.2, 0.25) is 0 Å². The molecule has 0 rings (SSSR count). The van der Waals surface area contributed by atoms with Crippen LogP contribution < -0.4 is 0 Å². The Hall–Kier alpha value is 0.960. The van der Waals surface area contributed by atoms with E-state index in [2.05, 4.69) is 45.7 Å². The first kappa shape index (κ1) is 9.96. The Bertz CT molecular complexity index is 61.9. The number of halogens is 2. The summed E-state index contributed by atoms with van der Waals surface area (Å²) in [4.78, 5) is 0.667. The maximum atomic E-state index is 3.56. The van der Waals surface area contributed by atoms with Crippen LogP contribution in [-0.4, -0.2) is 10.2 Å². The summed E-state index contributed by atoms with van der Waals surface area (Å²) in [6, 6.07) is 0. The minimum absolute atomic E-state index is 0.667. The van der Waals surface area contributed by atoms with E-state index in [0.29, 0.717) is 4.83 Å². The second kappa shape index (κ2) is 5.72. The van der Waals surface area contributed by atoms with E-state index >= 15 is 0 Å². The van der Waals surface area contributed by atoms with Crippen LogP contribution in [0.5, 0.6) is 0 Å². The monoisotopic (exact) mass is 256 g/mol. The van der Waals surface area contributed by atoms with E-state index in [0.717, 1.165) is 11.2 Å². The summed E-state index contributed by atoms with van der Waals surface area (Å²) < 4.78 is 0. The summed E-state index contributed by atoms with van der Waals surface area (Å²) in [7, 11) is 0. The van der Waals surface area contributed by atoms with Crippen molar-refractivity contribution in [3.05, 3.63) is 0 Å². The zero-order valence-electron chi connectivity index (χ0n) is 6.03. The van der Waals surface area contributed by atoms with Crippen molar-refractivity contribution >= 4 is 31.9 Å². The molecule has 0 saturated heterocycles. The molecule has 0 aromatic heterocycles. The van der Waals surface area contributed by atoms with E-state index in [1.165, 1.54) is 12.8 Å². The molecule has 1 atom stereocenters. The van der Waals surface area contributed by atoms with Crippen LogP contribution >= 0.6 is 31.9 Å². The SMILES string of the molecule is CC(C)CCC(Br)CBr. The molecule has 2 heteroatoms. The Balaban J connectivity index is 3.06. The Morgan fingerprint density at radius 2 is 1.78 bits per heavy atom. The standard InChI is InChI=1S/C7H14Br2/c1-6(2)3-4-7(9)5-8/h6-7H,3-5H2,1-2H3. The molecule has 0 saturated carbocycles. The molecule has 0 aliphatic carbocycles. The van der Waals surface area contributed by atoms with Crippen LogP contribution in [0.3, 0.4) is 0 Å². The van der Waals surface area contributed by atoms with Gasteiger partial charge in [-0.2, -0.15) is 0 Å². The van der Waals surface area contributed by atoms with Gasteiger partial charge in [-0.3, -0.25) is 0 Å². The number of rotatable bonds is 4. The average Bonchev–Trinajstić information content (AvgIpc) is 1.83. The van der Waals surface area contributed by atoms with Gasteiger partial charge < -0.3 is 0 Å². The molecule has 0 aliphatic heterocycles. The molecule has 56 valence electrons. The van der Waals surface area contributed by atoms with E-state index in [-0.39, 0.29) is 0 Å². The van der Waals surface area contributed by atoms with E-state index in [1.54, 1.807) is 0 Å². The van der Waals surface area contributed by atoms with Crippen molar-refractivity contribution in [1.82, 2.24) is 0 Å². The summed E-state index contributed by atoms with van der Waals surface area (Å²) in [5, 5.41) is 1.07. The van der Waals surface area contributed by atoms with Crippen molar-refractivity contribution in [2.45, 2.75) is 31.5 Å².